The minimum atomic E-state index is -3.44. The smallest absolute Gasteiger partial charge is 0.244 e. The molecular weight excluding hydrogens is 434 g/mol. The molecule has 1 heterocycles. The molecule has 31 heavy (non-hydrogen) atoms. The summed E-state index contributed by atoms with van der Waals surface area (Å²) in [6.45, 7) is 5.64. The number of H-pyrrole nitrogens is 1. The molecule has 8 nitrogen and oxygen atoms in total. The summed E-state index contributed by atoms with van der Waals surface area (Å²) in [5.74, 6) is 0.144. The van der Waals surface area contributed by atoms with Gasteiger partial charge in [0.15, 0.2) is 10.6 Å². The first-order valence-corrected chi connectivity index (χ1v) is 11.5. The Hall–Kier alpha value is -3.08. The Morgan fingerprint density at radius 3 is 2.52 bits per heavy atom. The van der Waals surface area contributed by atoms with Gasteiger partial charge >= 0.3 is 0 Å². The summed E-state index contributed by atoms with van der Waals surface area (Å²) < 4.78 is 28.3. The Bertz CT molecular complexity index is 1230. The third kappa shape index (κ3) is 6.20. The van der Waals surface area contributed by atoms with Crippen LogP contribution in [0.3, 0.4) is 0 Å². The van der Waals surface area contributed by atoms with Crippen molar-refractivity contribution >= 4 is 33.8 Å². The van der Waals surface area contributed by atoms with E-state index in [1.807, 2.05) is 31.2 Å². The summed E-state index contributed by atoms with van der Waals surface area (Å²) in [7, 11) is -3.44. The molecule has 3 aromatic rings. The van der Waals surface area contributed by atoms with E-state index in [2.05, 4.69) is 26.8 Å². The fourth-order valence-corrected chi connectivity index (χ4v) is 4.17. The quantitative estimate of drug-likeness (QED) is 0.338. The average molecular weight is 458 g/mol. The zero-order valence-electron chi connectivity index (χ0n) is 17.0. The van der Waals surface area contributed by atoms with Crippen molar-refractivity contribution in [2.45, 2.75) is 19.2 Å². The monoisotopic (exact) mass is 457 g/mol. The molecule has 3 N–H and O–H groups in total. The Morgan fingerprint density at radius 1 is 1.19 bits per heavy atom. The number of rotatable bonds is 9. The first kappa shape index (κ1) is 22.6. The fraction of sp³-hybridized carbons (Fsp3) is 0.190. The molecule has 0 aliphatic carbocycles. The van der Waals surface area contributed by atoms with Crippen LogP contribution in [0.5, 0.6) is 0 Å². The zero-order valence-corrected chi connectivity index (χ0v) is 18.6. The maximum Gasteiger partial charge on any atom is 0.244 e. The maximum absolute atomic E-state index is 12.6. The molecule has 0 saturated carbocycles. The van der Waals surface area contributed by atoms with Crippen LogP contribution in [-0.2, 0) is 27.1 Å². The summed E-state index contributed by atoms with van der Waals surface area (Å²) in [6.07, 6.45) is 1.48. The van der Waals surface area contributed by atoms with E-state index in [0.29, 0.717) is 21.8 Å². The van der Waals surface area contributed by atoms with Crippen molar-refractivity contribution < 1.29 is 13.2 Å². The number of carbonyl (C=O) groups is 1. The summed E-state index contributed by atoms with van der Waals surface area (Å²) in [5, 5.41) is 9.76. The SMILES string of the molecule is C=CCNS(=O)(=O)Cc1ccc(NC(=O)Cn2c(-c3ccc(C)cc3)n[nH]c2=S)cc1. The van der Waals surface area contributed by atoms with Gasteiger partial charge in [-0.25, -0.2) is 13.1 Å². The topological polar surface area (TPSA) is 109 Å². The minimum Gasteiger partial charge on any atom is -0.325 e. The van der Waals surface area contributed by atoms with Crippen molar-refractivity contribution in [1.29, 1.82) is 0 Å². The van der Waals surface area contributed by atoms with Crippen LogP contribution in [0.4, 0.5) is 5.69 Å². The molecule has 0 aliphatic rings. The molecule has 0 saturated heterocycles. The molecule has 0 unspecified atom stereocenters. The number of aromatic nitrogens is 3. The largest absolute Gasteiger partial charge is 0.325 e. The van der Waals surface area contributed by atoms with Gasteiger partial charge in [0.1, 0.15) is 6.54 Å². The van der Waals surface area contributed by atoms with Crippen molar-refractivity contribution in [2.75, 3.05) is 11.9 Å². The number of aryl methyl sites for hydroxylation is 1. The van der Waals surface area contributed by atoms with Crippen molar-refractivity contribution in [1.82, 2.24) is 19.5 Å². The summed E-state index contributed by atoms with van der Waals surface area (Å²) >= 11 is 5.28. The standard InChI is InChI=1S/C21H23N5O3S2/c1-3-12-22-31(28,29)14-16-6-10-18(11-7-16)23-19(27)13-26-20(24-25-21(26)30)17-8-4-15(2)5-9-17/h3-11,22H,1,12-14H2,2H3,(H,23,27)(H,25,30). The average Bonchev–Trinajstić information content (AvgIpc) is 3.08. The van der Waals surface area contributed by atoms with Crippen LogP contribution in [0.1, 0.15) is 11.1 Å². The molecule has 0 aliphatic heterocycles. The van der Waals surface area contributed by atoms with Crippen LogP contribution in [0, 0.1) is 11.7 Å². The number of nitrogens with one attached hydrogen (secondary N) is 3. The van der Waals surface area contributed by atoms with Crippen molar-refractivity contribution in [2.24, 2.45) is 0 Å². The lowest BCUT2D eigenvalue weighted by Crippen LogP contribution is -2.25. The molecule has 2 aromatic carbocycles. The lowest BCUT2D eigenvalue weighted by atomic mass is 10.1. The number of benzene rings is 2. The van der Waals surface area contributed by atoms with Crippen molar-refractivity contribution in [3.05, 3.63) is 77.1 Å². The van der Waals surface area contributed by atoms with Crippen molar-refractivity contribution in [3.8, 4) is 11.4 Å². The Labute approximate surface area is 186 Å². The lowest BCUT2D eigenvalue weighted by molar-refractivity contribution is -0.116. The Morgan fingerprint density at radius 2 is 1.87 bits per heavy atom. The fourth-order valence-electron chi connectivity index (χ4n) is 2.87. The predicted octanol–water partition coefficient (Wildman–Crippen LogP) is 3.16. The van der Waals surface area contributed by atoms with Crippen LogP contribution in [0.25, 0.3) is 11.4 Å². The minimum absolute atomic E-state index is 0.0137. The molecule has 3 rings (SSSR count). The molecular formula is C21H23N5O3S2. The molecule has 0 bridgehead atoms. The van der Waals surface area contributed by atoms with E-state index in [9.17, 15) is 13.2 Å². The van der Waals surface area contributed by atoms with Gasteiger partial charge in [-0.15, -0.1) is 6.58 Å². The van der Waals surface area contributed by atoms with Gasteiger partial charge in [-0.2, -0.15) is 5.10 Å². The molecule has 10 heteroatoms. The van der Waals surface area contributed by atoms with E-state index in [-0.39, 0.29) is 24.7 Å². The van der Waals surface area contributed by atoms with Gasteiger partial charge in [0.25, 0.3) is 0 Å². The van der Waals surface area contributed by atoms with E-state index in [1.54, 1.807) is 28.8 Å². The van der Waals surface area contributed by atoms with E-state index in [1.165, 1.54) is 6.08 Å². The highest BCUT2D eigenvalue weighted by Gasteiger charge is 2.13. The second-order valence-corrected chi connectivity index (χ2v) is 9.14. The van der Waals surface area contributed by atoms with Crippen LogP contribution in [0.15, 0.2) is 61.2 Å². The van der Waals surface area contributed by atoms with Gasteiger partial charge in [0.2, 0.25) is 15.9 Å². The number of sulfonamides is 1. The van der Waals surface area contributed by atoms with E-state index < -0.39 is 10.0 Å². The number of nitrogens with zero attached hydrogens (tertiary/aromatic N) is 2. The van der Waals surface area contributed by atoms with Gasteiger partial charge in [-0.05, 0) is 36.8 Å². The lowest BCUT2D eigenvalue weighted by Gasteiger charge is -2.10. The normalized spacial score (nSPS) is 11.3. The first-order chi connectivity index (χ1) is 14.8. The van der Waals surface area contributed by atoms with E-state index in [0.717, 1.165) is 11.1 Å². The second kappa shape index (κ2) is 9.82. The van der Waals surface area contributed by atoms with E-state index >= 15 is 0 Å². The number of anilines is 1. The number of carbonyl (C=O) groups excluding carboxylic acids is 1. The second-order valence-electron chi connectivity index (χ2n) is 6.95. The molecule has 1 amide bonds. The number of aromatic amines is 1. The third-order valence-electron chi connectivity index (χ3n) is 4.41. The third-order valence-corrected chi connectivity index (χ3v) is 6.04. The summed E-state index contributed by atoms with van der Waals surface area (Å²) in [6, 6.07) is 14.4. The molecule has 0 fully saturated rings. The highest BCUT2D eigenvalue weighted by molar-refractivity contribution is 7.88. The maximum atomic E-state index is 12.6. The van der Waals surface area contributed by atoms with Crippen molar-refractivity contribution in [3.63, 3.8) is 0 Å². The zero-order chi connectivity index (χ0) is 22.4. The van der Waals surface area contributed by atoms with Gasteiger partial charge in [0, 0.05) is 17.8 Å². The molecule has 162 valence electrons. The first-order valence-electron chi connectivity index (χ1n) is 9.46. The highest BCUT2D eigenvalue weighted by atomic mass is 32.2. The van der Waals surface area contributed by atoms with Crippen LogP contribution in [0.2, 0.25) is 0 Å². The summed E-state index contributed by atoms with van der Waals surface area (Å²) in [5.41, 5.74) is 3.13. The molecule has 1 aromatic heterocycles. The van der Waals surface area contributed by atoms with Crippen LogP contribution in [-0.4, -0.2) is 35.6 Å². The molecule has 0 spiro atoms. The predicted molar refractivity (Wildman–Crippen MR) is 123 cm³/mol. The van der Waals surface area contributed by atoms with Gasteiger partial charge < -0.3 is 5.32 Å². The number of amides is 1. The number of hydrogen-bond donors (Lipinski definition) is 3. The number of hydrogen-bond acceptors (Lipinski definition) is 5. The van der Waals surface area contributed by atoms with Gasteiger partial charge in [-0.3, -0.25) is 14.5 Å². The van der Waals surface area contributed by atoms with Crippen LogP contribution < -0.4 is 10.0 Å². The van der Waals surface area contributed by atoms with E-state index in [4.69, 9.17) is 12.2 Å². The molecule has 0 atom stereocenters. The Balaban J connectivity index is 1.67. The highest BCUT2D eigenvalue weighted by Crippen LogP contribution is 2.18. The van der Waals surface area contributed by atoms with Gasteiger partial charge in [-0.1, -0.05) is 48.0 Å². The van der Waals surface area contributed by atoms with Gasteiger partial charge in [0.05, 0.1) is 5.75 Å². The Kier molecular flexibility index (Phi) is 7.16. The van der Waals surface area contributed by atoms with Crippen LogP contribution >= 0.6 is 12.2 Å². The summed E-state index contributed by atoms with van der Waals surface area (Å²) in [4.78, 5) is 12.6. The molecule has 0 radical (unpaired) electrons.